The number of aromatic nitrogens is 2. The average Bonchev–Trinajstić information content (AvgIpc) is 3.18. The second-order valence-electron chi connectivity index (χ2n) is 5.86. The fraction of sp³-hybridized carbons (Fsp3) is 0.200. The van der Waals surface area contributed by atoms with E-state index in [9.17, 15) is 4.79 Å². The Morgan fingerprint density at radius 3 is 2.81 bits per heavy atom. The van der Waals surface area contributed by atoms with E-state index in [4.69, 9.17) is 21.1 Å². The summed E-state index contributed by atoms with van der Waals surface area (Å²) in [5, 5.41) is 10.2. The summed E-state index contributed by atoms with van der Waals surface area (Å²) in [5.41, 5.74) is 3.20. The molecule has 0 atom stereocenters. The Morgan fingerprint density at radius 2 is 2.07 bits per heavy atom. The highest BCUT2D eigenvalue weighted by Crippen LogP contribution is 2.32. The third-order valence-corrected chi connectivity index (χ3v) is 4.30. The molecule has 0 bridgehead atoms. The van der Waals surface area contributed by atoms with Gasteiger partial charge in [0.05, 0.1) is 19.2 Å². The van der Waals surface area contributed by atoms with Crippen LogP contribution >= 0.6 is 11.6 Å². The van der Waals surface area contributed by atoms with Gasteiger partial charge in [-0.15, -0.1) is 0 Å². The summed E-state index contributed by atoms with van der Waals surface area (Å²) in [6, 6.07) is 12.8. The number of methoxy groups -OCH3 is 1. The van der Waals surface area contributed by atoms with Gasteiger partial charge in [0.2, 0.25) is 5.91 Å². The van der Waals surface area contributed by atoms with E-state index in [1.807, 2.05) is 30.3 Å². The average molecular weight is 386 g/mol. The maximum Gasteiger partial charge on any atom is 0.228 e. The van der Waals surface area contributed by atoms with Gasteiger partial charge in [-0.1, -0.05) is 29.8 Å². The second kappa shape index (κ2) is 9.21. The number of carbonyl (C=O) groups excluding carboxylic acids is 1. The summed E-state index contributed by atoms with van der Waals surface area (Å²) >= 11 is 6.12. The molecular weight excluding hydrogens is 366 g/mol. The predicted octanol–water partition coefficient (Wildman–Crippen LogP) is 3.94. The molecule has 0 fully saturated rings. The van der Waals surface area contributed by atoms with Crippen molar-refractivity contribution in [3.63, 3.8) is 0 Å². The van der Waals surface area contributed by atoms with Gasteiger partial charge in [-0.3, -0.25) is 9.89 Å². The first-order valence-corrected chi connectivity index (χ1v) is 8.83. The van der Waals surface area contributed by atoms with E-state index >= 15 is 0 Å². The summed E-state index contributed by atoms with van der Waals surface area (Å²) < 4.78 is 10.9. The molecule has 0 saturated carbocycles. The third kappa shape index (κ3) is 5.09. The lowest BCUT2D eigenvalue weighted by atomic mass is 10.1. The molecule has 2 aromatic carbocycles. The Labute approximate surface area is 162 Å². The van der Waals surface area contributed by atoms with Crippen molar-refractivity contribution in [2.24, 2.45) is 0 Å². The van der Waals surface area contributed by atoms with Crippen LogP contribution in [0.15, 0.2) is 54.9 Å². The van der Waals surface area contributed by atoms with Crippen LogP contribution in [0.1, 0.15) is 5.56 Å². The van der Waals surface area contributed by atoms with E-state index in [1.165, 1.54) is 0 Å². The highest BCUT2D eigenvalue weighted by molar-refractivity contribution is 6.31. The summed E-state index contributed by atoms with van der Waals surface area (Å²) in [5.74, 6) is 0.492. The van der Waals surface area contributed by atoms with Gasteiger partial charge in [-0.25, -0.2) is 0 Å². The normalized spacial score (nSPS) is 10.6. The molecule has 6 nitrogen and oxygen atoms in total. The van der Waals surface area contributed by atoms with Gasteiger partial charge in [0.25, 0.3) is 0 Å². The fourth-order valence-electron chi connectivity index (χ4n) is 2.61. The number of carbonyl (C=O) groups is 1. The van der Waals surface area contributed by atoms with Gasteiger partial charge in [-0.2, -0.15) is 5.10 Å². The highest BCUT2D eigenvalue weighted by Gasteiger charge is 2.12. The van der Waals surface area contributed by atoms with Crippen LogP contribution in [0.3, 0.4) is 0 Å². The van der Waals surface area contributed by atoms with Gasteiger partial charge in [0.1, 0.15) is 12.4 Å². The molecule has 1 heterocycles. The number of hydrogen-bond acceptors (Lipinski definition) is 4. The lowest BCUT2D eigenvalue weighted by Crippen LogP contribution is -2.15. The molecule has 7 heteroatoms. The standard InChI is InChI=1S/C20H20ClN3O3/c1-26-8-9-27-19-11-16(6-7-17(19)15-12-22-23-13-15)24-20(25)10-14-4-2-3-5-18(14)21/h2-7,11-13H,8-10H2,1H3,(H,22,23)(H,24,25). The van der Waals surface area contributed by atoms with E-state index < -0.39 is 0 Å². The SMILES string of the molecule is COCCOc1cc(NC(=O)Cc2ccccc2Cl)ccc1-c1cn[nH]c1. The van der Waals surface area contributed by atoms with Gasteiger partial charge in [-0.05, 0) is 23.8 Å². The van der Waals surface area contributed by atoms with E-state index in [0.29, 0.717) is 29.7 Å². The molecule has 0 unspecified atom stereocenters. The molecule has 0 saturated heterocycles. The van der Waals surface area contributed by atoms with Crippen molar-refractivity contribution in [2.45, 2.75) is 6.42 Å². The number of nitrogens with one attached hydrogen (secondary N) is 2. The fourth-order valence-corrected chi connectivity index (χ4v) is 2.81. The molecule has 0 spiro atoms. The number of rotatable bonds is 8. The van der Waals surface area contributed by atoms with Crippen LogP contribution in [0.2, 0.25) is 5.02 Å². The number of nitrogens with zero attached hydrogens (tertiary/aromatic N) is 1. The smallest absolute Gasteiger partial charge is 0.228 e. The Balaban J connectivity index is 1.76. The molecule has 27 heavy (non-hydrogen) atoms. The van der Waals surface area contributed by atoms with Gasteiger partial charge in [0, 0.05) is 41.2 Å². The molecule has 1 amide bonds. The number of H-pyrrole nitrogens is 1. The minimum absolute atomic E-state index is 0.151. The zero-order valence-electron chi connectivity index (χ0n) is 14.9. The van der Waals surface area contributed by atoms with Crippen molar-refractivity contribution in [3.05, 3.63) is 65.4 Å². The molecule has 0 radical (unpaired) electrons. The molecule has 0 aliphatic carbocycles. The van der Waals surface area contributed by atoms with Crippen molar-refractivity contribution in [1.29, 1.82) is 0 Å². The molecular formula is C20H20ClN3O3. The molecule has 0 aliphatic heterocycles. The van der Waals surface area contributed by atoms with Gasteiger partial charge < -0.3 is 14.8 Å². The number of hydrogen-bond donors (Lipinski definition) is 2. The van der Waals surface area contributed by atoms with Crippen molar-refractivity contribution in [3.8, 4) is 16.9 Å². The van der Waals surface area contributed by atoms with Crippen LogP contribution < -0.4 is 10.1 Å². The van der Waals surface area contributed by atoms with Gasteiger partial charge in [0.15, 0.2) is 0 Å². The van der Waals surface area contributed by atoms with E-state index in [-0.39, 0.29) is 12.3 Å². The minimum Gasteiger partial charge on any atom is -0.490 e. The van der Waals surface area contributed by atoms with Crippen molar-refractivity contribution in [1.82, 2.24) is 10.2 Å². The first-order valence-electron chi connectivity index (χ1n) is 8.45. The molecule has 3 rings (SSSR count). The highest BCUT2D eigenvalue weighted by atomic mass is 35.5. The summed E-state index contributed by atoms with van der Waals surface area (Å²) in [6.45, 7) is 0.867. The maximum atomic E-state index is 12.4. The molecule has 140 valence electrons. The maximum absolute atomic E-state index is 12.4. The summed E-state index contributed by atoms with van der Waals surface area (Å²) in [7, 11) is 1.62. The molecule has 3 aromatic rings. The Hall–Kier alpha value is -2.83. The first-order chi connectivity index (χ1) is 13.2. The lowest BCUT2D eigenvalue weighted by molar-refractivity contribution is -0.115. The van der Waals surface area contributed by atoms with Crippen molar-refractivity contribution in [2.75, 3.05) is 25.6 Å². The van der Waals surface area contributed by atoms with Crippen LogP contribution in [-0.4, -0.2) is 36.4 Å². The Bertz CT molecular complexity index is 897. The van der Waals surface area contributed by atoms with E-state index in [0.717, 1.165) is 16.7 Å². The number of amides is 1. The van der Waals surface area contributed by atoms with E-state index in [2.05, 4.69) is 15.5 Å². The quantitative estimate of drug-likeness (QED) is 0.576. The minimum atomic E-state index is -0.151. The predicted molar refractivity (Wildman–Crippen MR) is 105 cm³/mol. The zero-order chi connectivity index (χ0) is 19.1. The lowest BCUT2D eigenvalue weighted by Gasteiger charge is -2.13. The van der Waals surface area contributed by atoms with Crippen LogP contribution in [0.4, 0.5) is 5.69 Å². The van der Waals surface area contributed by atoms with E-state index in [1.54, 1.807) is 31.6 Å². The summed E-state index contributed by atoms with van der Waals surface area (Å²) in [6.07, 6.45) is 3.70. The largest absolute Gasteiger partial charge is 0.490 e. The third-order valence-electron chi connectivity index (χ3n) is 3.93. The number of halogens is 1. The number of anilines is 1. The van der Waals surface area contributed by atoms with Crippen molar-refractivity contribution >= 4 is 23.2 Å². The molecule has 0 aliphatic rings. The van der Waals surface area contributed by atoms with Crippen LogP contribution in [0.25, 0.3) is 11.1 Å². The van der Waals surface area contributed by atoms with Crippen molar-refractivity contribution < 1.29 is 14.3 Å². The molecule has 2 N–H and O–H groups in total. The zero-order valence-corrected chi connectivity index (χ0v) is 15.6. The monoisotopic (exact) mass is 385 g/mol. The summed E-state index contributed by atoms with van der Waals surface area (Å²) in [4.78, 5) is 12.4. The second-order valence-corrected chi connectivity index (χ2v) is 6.26. The number of aromatic amines is 1. The molecule has 1 aromatic heterocycles. The first kappa shape index (κ1) is 18.9. The number of benzene rings is 2. The van der Waals surface area contributed by atoms with Crippen LogP contribution in [0, 0.1) is 0 Å². The van der Waals surface area contributed by atoms with Crippen LogP contribution in [0.5, 0.6) is 5.75 Å². The van der Waals surface area contributed by atoms with Gasteiger partial charge >= 0.3 is 0 Å². The Kier molecular flexibility index (Phi) is 6.46. The topological polar surface area (TPSA) is 76.2 Å². The Morgan fingerprint density at radius 1 is 1.22 bits per heavy atom. The van der Waals surface area contributed by atoms with Crippen LogP contribution in [-0.2, 0) is 16.0 Å². The number of ether oxygens (including phenoxy) is 2.